The highest BCUT2D eigenvalue weighted by Gasteiger charge is 2.31. The van der Waals surface area contributed by atoms with E-state index in [1.165, 1.54) is 0 Å². The maximum absolute atomic E-state index is 14.4. The lowest BCUT2D eigenvalue weighted by Crippen LogP contribution is -2.51. The first-order chi connectivity index (χ1) is 23.4. The predicted octanol–water partition coefficient (Wildman–Crippen LogP) is 5.42. The first-order valence-corrected chi connectivity index (χ1v) is 17.1. The summed E-state index contributed by atoms with van der Waals surface area (Å²) in [6, 6.07) is 23.4. The van der Waals surface area contributed by atoms with Gasteiger partial charge >= 0.3 is 0 Å². The third-order valence-electron chi connectivity index (χ3n) is 9.92. The SMILES string of the molecule is COc1cc(-c2ccccc2C)c(Cl)cc1C(=O)N1Cc2ccc(C(=O)N3CCN(CCN4CCOCC4)CC3)n2Cc2ccccc21. The minimum Gasteiger partial charge on any atom is -0.496 e. The summed E-state index contributed by atoms with van der Waals surface area (Å²) in [6.07, 6.45) is 0. The molecule has 2 fully saturated rings. The number of nitrogens with zero attached hydrogens (tertiary/aromatic N) is 5. The highest BCUT2D eigenvalue weighted by Crippen LogP contribution is 2.38. The molecule has 3 aliphatic rings. The molecule has 3 aromatic carbocycles. The number of anilines is 1. The summed E-state index contributed by atoms with van der Waals surface area (Å²) in [7, 11) is 1.57. The van der Waals surface area contributed by atoms with Gasteiger partial charge in [-0.15, -0.1) is 0 Å². The molecule has 0 atom stereocenters. The lowest BCUT2D eigenvalue weighted by atomic mass is 9.98. The minimum atomic E-state index is -0.215. The van der Waals surface area contributed by atoms with Crippen molar-refractivity contribution in [2.45, 2.75) is 20.0 Å². The van der Waals surface area contributed by atoms with Gasteiger partial charge in [0.2, 0.25) is 0 Å². The maximum Gasteiger partial charge on any atom is 0.270 e. The molecule has 10 heteroatoms. The average Bonchev–Trinajstić information content (AvgIpc) is 3.43. The fourth-order valence-electron chi connectivity index (χ4n) is 7.09. The molecule has 9 nitrogen and oxygen atoms in total. The van der Waals surface area contributed by atoms with Crippen LogP contribution in [0.2, 0.25) is 5.02 Å². The third kappa shape index (κ3) is 6.48. The summed E-state index contributed by atoms with van der Waals surface area (Å²) in [6.45, 7) is 11.6. The molecule has 7 rings (SSSR count). The Morgan fingerprint density at radius 2 is 1.50 bits per heavy atom. The molecule has 0 N–H and O–H groups in total. The fourth-order valence-corrected chi connectivity index (χ4v) is 7.35. The van der Waals surface area contributed by atoms with E-state index in [0.29, 0.717) is 48.2 Å². The fraction of sp³-hybridized carbons (Fsp3) is 0.368. The molecular formula is C38H42ClN5O4. The van der Waals surface area contributed by atoms with Crippen LogP contribution < -0.4 is 9.64 Å². The molecule has 4 aromatic rings. The van der Waals surface area contributed by atoms with Gasteiger partial charge in [0.05, 0.1) is 39.0 Å². The number of para-hydroxylation sites is 1. The lowest BCUT2D eigenvalue weighted by molar-refractivity contribution is 0.0292. The van der Waals surface area contributed by atoms with Gasteiger partial charge in [-0.05, 0) is 53.9 Å². The molecule has 3 aliphatic heterocycles. The second-order valence-electron chi connectivity index (χ2n) is 12.8. The van der Waals surface area contributed by atoms with Gasteiger partial charge in [-0.3, -0.25) is 19.4 Å². The number of aryl methyl sites for hydroxylation is 1. The Hall–Kier alpha value is -4.15. The number of carbonyl (C=O) groups is 2. The van der Waals surface area contributed by atoms with Gasteiger partial charge in [0.25, 0.3) is 11.8 Å². The summed E-state index contributed by atoms with van der Waals surface area (Å²) >= 11 is 6.85. The molecular weight excluding hydrogens is 626 g/mol. The summed E-state index contributed by atoms with van der Waals surface area (Å²) < 4.78 is 13.3. The van der Waals surface area contributed by atoms with Gasteiger partial charge < -0.3 is 23.8 Å². The number of benzene rings is 3. The van der Waals surface area contributed by atoms with E-state index in [1.54, 1.807) is 18.1 Å². The highest BCUT2D eigenvalue weighted by molar-refractivity contribution is 6.34. The smallest absolute Gasteiger partial charge is 0.270 e. The molecule has 0 saturated carbocycles. The van der Waals surface area contributed by atoms with Crippen molar-refractivity contribution in [2.24, 2.45) is 0 Å². The van der Waals surface area contributed by atoms with Gasteiger partial charge in [0, 0.05) is 74.3 Å². The number of amides is 2. The van der Waals surface area contributed by atoms with Crippen LogP contribution >= 0.6 is 11.6 Å². The molecule has 2 amide bonds. The van der Waals surface area contributed by atoms with E-state index < -0.39 is 0 Å². The van der Waals surface area contributed by atoms with Crippen molar-refractivity contribution in [3.05, 3.63) is 106 Å². The second-order valence-corrected chi connectivity index (χ2v) is 13.2. The topological polar surface area (TPSA) is 70.5 Å². The van der Waals surface area contributed by atoms with Crippen molar-refractivity contribution in [2.75, 3.05) is 77.6 Å². The van der Waals surface area contributed by atoms with Crippen molar-refractivity contribution in [1.82, 2.24) is 19.3 Å². The first-order valence-electron chi connectivity index (χ1n) is 16.7. The van der Waals surface area contributed by atoms with Gasteiger partial charge in [0.15, 0.2) is 0 Å². The van der Waals surface area contributed by atoms with Crippen LogP contribution in [0.3, 0.4) is 0 Å². The number of aromatic nitrogens is 1. The van der Waals surface area contributed by atoms with Crippen LogP contribution in [0.5, 0.6) is 5.75 Å². The highest BCUT2D eigenvalue weighted by atomic mass is 35.5. The normalized spacial score (nSPS) is 17.1. The minimum absolute atomic E-state index is 0.0339. The largest absolute Gasteiger partial charge is 0.496 e. The van der Waals surface area contributed by atoms with Crippen molar-refractivity contribution >= 4 is 29.1 Å². The monoisotopic (exact) mass is 667 g/mol. The molecule has 0 spiro atoms. The van der Waals surface area contributed by atoms with E-state index >= 15 is 0 Å². The van der Waals surface area contributed by atoms with E-state index in [1.807, 2.05) is 78.6 Å². The Bertz CT molecular complexity index is 1810. The summed E-state index contributed by atoms with van der Waals surface area (Å²) in [5.74, 6) is 0.277. The van der Waals surface area contributed by atoms with Gasteiger partial charge in [-0.25, -0.2) is 0 Å². The van der Waals surface area contributed by atoms with Crippen molar-refractivity contribution < 1.29 is 19.1 Å². The zero-order valence-corrected chi connectivity index (χ0v) is 28.4. The Morgan fingerprint density at radius 3 is 2.25 bits per heavy atom. The Kier molecular flexibility index (Phi) is 9.55. The molecule has 250 valence electrons. The molecule has 0 aliphatic carbocycles. The van der Waals surface area contributed by atoms with E-state index in [2.05, 4.69) is 14.4 Å². The first kappa shape index (κ1) is 32.4. The third-order valence-corrected chi connectivity index (χ3v) is 10.2. The van der Waals surface area contributed by atoms with Crippen molar-refractivity contribution in [3.63, 3.8) is 0 Å². The lowest BCUT2D eigenvalue weighted by Gasteiger charge is -2.36. The van der Waals surface area contributed by atoms with E-state index in [0.717, 1.165) is 86.1 Å². The van der Waals surface area contributed by atoms with E-state index in [-0.39, 0.29) is 11.8 Å². The summed E-state index contributed by atoms with van der Waals surface area (Å²) in [4.78, 5) is 37.0. The number of rotatable bonds is 7. The maximum atomic E-state index is 14.4. The Labute approximate surface area is 287 Å². The average molecular weight is 668 g/mol. The predicted molar refractivity (Wildman–Crippen MR) is 188 cm³/mol. The van der Waals surface area contributed by atoms with E-state index in [4.69, 9.17) is 21.1 Å². The van der Waals surface area contributed by atoms with Crippen molar-refractivity contribution in [3.8, 4) is 16.9 Å². The molecule has 0 unspecified atom stereocenters. The standard InChI is InChI=1S/C38H42ClN5O4/c1-27-7-3-5-9-30(27)31-24-36(47-2)32(23-33(31)39)37(45)44-26-29-11-12-35(43(29)25-28-8-4-6-10-34(28)44)38(46)42-17-15-40(16-18-42)13-14-41-19-21-48-22-20-41/h3-12,23-24H,13-22,25-26H2,1-2H3. The second kappa shape index (κ2) is 14.1. The summed E-state index contributed by atoms with van der Waals surface area (Å²) in [5, 5.41) is 0.481. The Morgan fingerprint density at radius 1 is 0.792 bits per heavy atom. The van der Waals surface area contributed by atoms with Crippen LogP contribution in [-0.4, -0.2) is 104 Å². The quantitative estimate of drug-likeness (QED) is 0.262. The van der Waals surface area contributed by atoms with Crippen LogP contribution in [0.4, 0.5) is 5.69 Å². The van der Waals surface area contributed by atoms with Crippen LogP contribution in [0.25, 0.3) is 11.1 Å². The van der Waals surface area contributed by atoms with Crippen LogP contribution in [0.15, 0.2) is 72.8 Å². The number of piperazine rings is 1. The molecule has 4 heterocycles. The van der Waals surface area contributed by atoms with Crippen molar-refractivity contribution in [1.29, 1.82) is 0 Å². The number of methoxy groups -OCH3 is 1. The molecule has 0 radical (unpaired) electrons. The number of hydrogen-bond acceptors (Lipinski definition) is 6. The van der Waals surface area contributed by atoms with Crippen LogP contribution in [0.1, 0.15) is 37.7 Å². The number of halogens is 1. The van der Waals surface area contributed by atoms with E-state index in [9.17, 15) is 9.59 Å². The molecule has 2 saturated heterocycles. The summed E-state index contributed by atoms with van der Waals surface area (Å²) in [5.41, 5.74) is 6.59. The molecule has 0 bridgehead atoms. The number of fused-ring (bicyclic) bond motifs is 2. The number of carbonyl (C=O) groups excluding carboxylic acids is 2. The zero-order valence-electron chi connectivity index (χ0n) is 27.7. The zero-order chi connectivity index (χ0) is 33.2. The number of ether oxygens (including phenoxy) is 2. The number of hydrogen-bond donors (Lipinski definition) is 0. The Balaban J connectivity index is 1.11. The van der Waals surface area contributed by atoms with Gasteiger partial charge in [-0.1, -0.05) is 54.1 Å². The van der Waals surface area contributed by atoms with Crippen LogP contribution in [-0.2, 0) is 17.8 Å². The van der Waals surface area contributed by atoms with Crippen LogP contribution in [0, 0.1) is 6.92 Å². The van der Waals surface area contributed by atoms with Gasteiger partial charge in [0.1, 0.15) is 11.4 Å². The molecule has 48 heavy (non-hydrogen) atoms. The number of morpholine rings is 1. The van der Waals surface area contributed by atoms with Gasteiger partial charge in [-0.2, -0.15) is 0 Å². The molecule has 1 aromatic heterocycles.